The van der Waals surface area contributed by atoms with E-state index in [4.69, 9.17) is 4.74 Å². The summed E-state index contributed by atoms with van der Waals surface area (Å²) >= 11 is 1.58. The Morgan fingerprint density at radius 2 is 2.03 bits per heavy atom. The van der Waals surface area contributed by atoms with E-state index in [1.54, 1.807) is 67.4 Å². The number of amides is 4. The fourth-order valence-corrected chi connectivity index (χ4v) is 3.55. The molecule has 4 amide bonds. The highest BCUT2D eigenvalue weighted by Crippen LogP contribution is 2.29. The summed E-state index contributed by atoms with van der Waals surface area (Å²) in [6, 6.07) is 12.8. The minimum atomic E-state index is -0.756. The Hall–Kier alpha value is -3.20. The van der Waals surface area contributed by atoms with Crippen molar-refractivity contribution < 1.29 is 19.1 Å². The monoisotopic (exact) mass is 428 g/mol. The van der Waals surface area contributed by atoms with Gasteiger partial charge in [0.2, 0.25) is 11.8 Å². The zero-order valence-electron chi connectivity index (χ0n) is 16.8. The Balaban J connectivity index is 1.74. The van der Waals surface area contributed by atoms with E-state index in [1.165, 1.54) is 4.90 Å². The molecule has 1 atom stereocenters. The van der Waals surface area contributed by atoms with E-state index in [9.17, 15) is 14.4 Å². The maximum atomic E-state index is 13.0. The van der Waals surface area contributed by atoms with Crippen molar-refractivity contribution in [2.75, 3.05) is 41.2 Å². The first-order chi connectivity index (χ1) is 14.5. The van der Waals surface area contributed by atoms with Crippen molar-refractivity contribution in [2.45, 2.75) is 12.5 Å². The molecular formula is C21H24N4O4S. The number of nitrogens with zero attached hydrogens (tertiary/aromatic N) is 1. The summed E-state index contributed by atoms with van der Waals surface area (Å²) < 4.78 is 5.18. The molecule has 0 aliphatic carbocycles. The Kier molecular flexibility index (Phi) is 7.18. The SMILES string of the molecule is COc1cccc(NC(=O)C(CCSC)NC(=O)N2CC(=O)Nc3ccccc32)c1. The summed E-state index contributed by atoms with van der Waals surface area (Å²) in [7, 11) is 1.55. The third-order valence-corrected chi connectivity index (χ3v) is 5.22. The predicted molar refractivity (Wildman–Crippen MR) is 119 cm³/mol. The van der Waals surface area contributed by atoms with Crippen LogP contribution in [0.4, 0.5) is 21.9 Å². The molecule has 9 heteroatoms. The summed E-state index contributed by atoms with van der Waals surface area (Å²) in [4.78, 5) is 39.2. The molecule has 1 aliphatic heterocycles. The zero-order chi connectivity index (χ0) is 21.5. The van der Waals surface area contributed by atoms with Gasteiger partial charge in [0.25, 0.3) is 0 Å². The van der Waals surface area contributed by atoms with Gasteiger partial charge in [-0.15, -0.1) is 0 Å². The van der Waals surface area contributed by atoms with Crippen LogP contribution in [-0.2, 0) is 9.59 Å². The van der Waals surface area contributed by atoms with E-state index in [2.05, 4.69) is 16.0 Å². The highest BCUT2D eigenvalue weighted by atomic mass is 32.2. The van der Waals surface area contributed by atoms with Crippen molar-refractivity contribution >= 4 is 46.7 Å². The Morgan fingerprint density at radius 3 is 2.80 bits per heavy atom. The van der Waals surface area contributed by atoms with Gasteiger partial charge in [-0.3, -0.25) is 14.5 Å². The van der Waals surface area contributed by atoms with E-state index in [0.717, 1.165) is 0 Å². The van der Waals surface area contributed by atoms with Crippen molar-refractivity contribution in [3.8, 4) is 5.75 Å². The number of ether oxygens (including phenoxy) is 1. The molecular weight excluding hydrogens is 404 g/mol. The van der Waals surface area contributed by atoms with Gasteiger partial charge >= 0.3 is 6.03 Å². The van der Waals surface area contributed by atoms with Crippen LogP contribution in [0.1, 0.15) is 6.42 Å². The number of anilines is 3. The van der Waals surface area contributed by atoms with Gasteiger partial charge in [-0.2, -0.15) is 11.8 Å². The molecule has 0 radical (unpaired) electrons. The number of carbonyl (C=O) groups is 3. The molecule has 1 aliphatic rings. The van der Waals surface area contributed by atoms with E-state index in [0.29, 0.717) is 35.0 Å². The molecule has 2 aromatic carbocycles. The van der Waals surface area contributed by atoms with Crippen molar-refractivity contribution in [2.24, 2.45) is 0 Å². The molecule has 0 saturated carbocycles. The highest BCUT2D eigenvalue weighted by molar-refractivity contribution is 7.98. The third-order valence-electron chi connectivity index (χ3n) is 4.58. The minimum absolute atomic E-state index is 0.115. The molecule has 2 aromatic rings. The summed E-state index contributed by atoms with van der Waals surface area (Å²) in [5.41, 5.74) is 1.72. The van der Waals surface area contributed by atoms with Gasteiger partial charge in [-0.05, 0) is 42.7 Å². The second-order valence-electron chi connectivity index (χ2n) is 6.66. The molecule has 0 aromatic heterocycles. The molecule has 0 saturated heterocycles. The molecule has 3 rings (SSSR count). The standard InChI is InChI=1S/C21H24N4O4S/c1-29-15-7-5-6-14(12-15)22-20(27)17(10-11-30-2)24-21(28)25-13-19(26)23-16-8-3-4-9-18(16)25/h3-9,12,17H,10-11,13H2,1-2H3,(H,22,27)(H,23,26)(H,24,28). The van der Waals surface area contributed by atoms with Gasteiger partial charge in [0.15, 0.2) is 0 Å². The van der Waals surface area contributed by atoms with Crippen LogP contribution in [-0.4, -0.2) is 49.6 Å². The second kappa shape index (κ2) is 10.0. The quantitative estimate of drug-likeness (QED) is 0.630. The summed E-state index contributed by atoms with van der Waals surface area (Å²) in [6.07, 6.45) is 2.38. The zero-order valence-corrected chi connectivity index (χ0v) is 17.6. The number of fused-ring (bicyclic) bond motifs is 1. The lowest BCUT2D eigenvalue weighted by Gasteiger charge is -2.30. The average molecular weight is 429 g/mol. The van der Waals surface area contributed by atoms with E-state index >= 15 is 0 Å². The molecule has 0 bridgehead atoms. The smallest absolute Gasteiger partial charge is 0.323 e. The topological polar surface area (TPSA) is 99.8 Å². The number of hydrogen-bond donors (Lipinski definition) is 3. The molecule has 158 valence electrons. The van der Waals surface area contributed by atoms with Crippen LogP contribution in [0.5, 0.6) is 5.75 Å². The van der Waals surface area contributed by atoms with E-state index in [-0.39, 0.29) is 18.4 Å². The van der Waals surface area contributed by atoms with Gasteiger partial charge in [0.05, 0.1) is 18.5 Å². The van der Waals surface area contributed by atoms with E-state index in [1.807, 2.05) is 6.26 Å². The molecule has 1 unspecified atom stereocenters. The summed E-state index contributed by atoms with van der Waals surface area (Å²) in [6.45, 7) is -0.115. The lowest BCUT2D eigenvalue weighted by atomic mass is 10.2. The number of carbonyl (C=O) groups excluding carboxylic acids is 3. The maximum absolute atomic E-state index is 13.0. The first-order valence-electron chi connectivity index (χ1n) is 9.42. The minimum Gasteiger partial charge on any atom is -0.497 e. The van der Waals surface area contributed by atoms with Crippen LogP contribution in [0.25, 0.3) is 0 Å². The number of urea groups is 1. The van der Waals surface area contributed by atoms with Crippen molar-refractivity contribution in [1.82, 2.24) is 5.32 Å². The molecule has 8 nitrogen and oxygen atoms in total. The second-order valence-corrected chi connectivity index (χ2v) is 7.64. The van der Waals surface area contributed by atoms with Crippen LogP contribution >= 0.6 is 11.8 Å². The summed E-state index contributed by atoms with van der Waals surface area (Å²) in [5.74, 6) is 0.687. The van der Waals surface area contributed by atoms with Crippen molar-refractivity contribution in [3.63, 3.8) is 0 Å². The van der Waals surface area contributed by atoms with Crippen LogP contribution in [0.3, 0.4) is 0 Å². The Bertz CT molecular complexity index is 937. The van der Waals surface area contributed by atoms with Gasteiger partial charge in [0, 0.05) is 11.8 Å². The number of hydrogen-bond acceptors (Lipinski definition) is 5. The average Bonchev–Trinajstić information content (AvgIpc) is 2.75. The fourth-order valence-electron chi connectivity index (χ4n) is 3.08. The molecule has 30 heavy (non-hydrogen) atoms. The number of methoxy groups -OCH3 is 1. The van der Waals surface area contributed by atoms with Crippen LogP contribution in [0.15, 0.2) is 48.5 Å². The summed E-state index contributed by atoms with van der Waals surface area (Å²) in [5, 5.41) is 8.35. The third kappa shape index (κ3) is 5.24. The number of thioether (sulfide) groups is 1. The number of benzene rings is 2. The predicted octanol–water partition coefficient (Wildman–Crippen LogP) is 2.92. The molecule has 0 spiro atoms. The fraction of sp³-hybridized carbons (Fsp3) is 0.286. The normalized spacial score (nSPS) is 13.7. The Labute approximate surface area is 179 Å². The lowest BCUT2D eigenvalue weighted by molar-refractivity contribution is -0.118. The van der Waals surface area contributed by atoms with Gasteiger partial charge < -0.3 is 20.7 Å². The number of nitrogens with one attached hydrogen (secondary N) is 3. The van der Waals surface area contributed by atoms with Crippen molar-refractivity contribution in [1.29, 1.82) is 0 Å². The number of rotatable bonds is 7. The molecule has 0 fully saturated rings. The van der Waals surface area contributed by atoms with Crippen molar-refractivity contribution in [3.05, 3.63) is 48.5 Å². The van der Waals surface area contributed by atoms with Crippen LogP contribution in [0.2, 0.25) is 0 Å². The first kappa shape index (κ1) is 21.5. The number of para-hydroxylation sites is 2. The Morgan fingerprint density at radius 1 is 1.23 bits per heavy atom. The largest absolute Gasteiger partial charge is 0.497 e. The van der Waals surface area contributed by atoms with Gasteiger partial charge in [-0.1, -0.05) is 18.2 Å². The lowest BCUT2D eigenvalue weighted by Crippen LogP contribution is -2.53. The maximum Gasteiger partial charge on any atom is 0.323 e. The van der Waals surface area contributed by atoms with Gasteiger partial charge in [-0.25, -0.2) is 4.79 Å². The van der Waals surface area contributed by atoms with Crippen LogP contribution in [0, 0.1) is 0 Å². The molecule has 3 N–H and O–H groups in total. The van der Waals surface area contributed by atoms with E-state index < -0.39 is 12.1 Å². The van der Waals surface area contributed by atoms with Gasteiger partial charge in [0.1, 0.15) is 18.3 Å². The van der Waals surface area contributed by atoms with Crippen LogP contribution < -0.4 is 25.6 Å². The first-order valence-corrected chi connectivity index (χ1v) is 10.8. The molecule has 1 heterocycles. The highest BCUT2D eigenvalue weighted by Gasteiger charge is 2.29.